The van der Waals surface area contributed by atoms with Crippen LogP contribution in [0.15, 0.2) is 52.5 Å². The Hall–Kier alpha value is -2.25. The molecular weight excluding hydrogens is 346 g/mol. The summed E-state index contributed by atoms with van der Waals surface area (Å²) < 4.78 is 16.8. The van der Waals surface area contributed by atoms with Gasteiger partial charge in [0.25, 0.3) is 0 Å². The molecule has 0 spiro atoms. The van der Waals surface area contributed by atoms with E-state index < -0.39 is 0 Å². The maximum Gasteiger partial charge on any atom is 0.239 e. The Morgan fingerprint density at radius 2 is 2.12 bits per heavy atom. The van der Waals surface area contributed by atoms with Crippen molar-refractivity contribution in [1.29, 1.82) is 0 Å². The molecule has 0 bridgehead atoms. The fourth-order valence-electron chi connectivity index (χ4n) is 2.28. The first-order valence-corrected chi connectivity index (χ1v) is 9.19. The van der Waals surface area contributed by atoms with Crippen molar-refractivity contribution in [3.63, 3.8) is 0 Å². The van der Waals surface area contributed by atoms with Gasteiger partial charge in [-0.1, -0.05) is 23.9 Å². The molecule has 1 aliphatic heterocycles. The van der Waals surface area contributed by atoms with Crippen LogP contribution in [0.5, 0.6) is 11.5 Å². The number of aromatic nitrogens is 1. The summed E-state index contributed by atoms with van der Waals surface area (Å²) in [6.45, 7) is 0.387. The van der Waals surface area contributed by atoms with Crippen molar-refractivity contribution in [3.05, 3.63) is 64.5 Å². The lowest BCUT2D eigenvalue weighted by molar-refractivity contribution is 0.0908. The van der Waals surface area contributed by atoms with Crippen LogP contribution in [0.3, 0.4) is 0 Å². The molecule has 0 saturated carbocycles. The van der Waals surface area contributed by atoms with Gasteiger partial charge in [-0.15, -0.1) is 11.3 Å². The summed E-state index contributed by atoms with van der Waals surface area (Å²) in [6.07, 6.45) is 1.31. The molecular formula is C17H13NO4S2. The van der Waals surface area contributed by atoms with Gasteiger partial charge in [0.15, 0.2) is 17.6 Å². The van der Waals surface area contributed by atoms with Crippen molar-refractivity contribution in [2.75, 3.05) is 6.61 Å². The first-order valence-electron chi connectivity index (χ1n) is 7.33. The van der Waals surface area contributed by atoms with Gasteiger partial charge in [0.2, 0.25) is 5.12 Å². The van der Waals surface area contributed by atoms with Crippen molar-refractivity contribution in [2.24, 2.45) is 0 Å². The molecule has 0 amide bonds. The van der Waals surface area contributed by atoms with Crippen molar-refractivity contribution in [3.8, 4) is 11.5 Å². The van der Waals surface area contributed by atoms with E-state index in [1.54, 1.807) is 17.7 Å². The van der Waals surface area contributed by atoms with Crippen molar-refractivity contribution < 1.29 is 18.7 Å². The molecule has 0 fully saturated rings. The van der Waals surface area contributed by atoms with E-state index in [1.807, 2.05) is 30.3 Å². The van der Waals surface area contributed by atoms with Gasteiger partial charge in [0.05, 0.1) is 12.0 Å². The van der Waals surface area contributed by atoms with E-state index in [1.165, 1.54) is 23.1 Å². The second kappa shape index (κ2) is 6.70. The SMILES string of the molecule is O=C(SCc1ccco1)c1csc(C2COc3ccccc3O2)n1. The van der Waals surface area contributed by atoms with Crippen LogP contribution >= 0.6 is 23.1 Å². The van der Waals surface area contributed by atoms with Crippen LogP contribution in [0.1, 0.15) is 27.4 Å². The minimum Gasteiger partial charge on any atom is -0.485 e. The second-order valence-corrected chi connectivity index (χ2v) is 6.93. The molecule has 1 atom stereocenters. The maximum atomic E-state index is 12.2. The molecule has 3 aromatic rings. The lowest BCUT2D eigenvalue weighted by Crippen LogP contribution is -2.21. The number of hydrogen-bond donors (Lipinski definition) is 0. The summed E-state index contributed by atoms with van der Waals surface area (Å²) in [5.41, 5.74) is 0.439. The first-order chi connectivity index (χ1) is 11.8. The zero-order valence-corrected chi connectivity index (χ0v) is 14.1. The van der Waals surface area contributed by atoms with Gasteiger partial charge in [0, 0.05) is 5.38 Å². The van der Waals surface area contributed by atoms with E-state index in [0.717, 1.165) is 16.5 Å². The quantitative estimate of drug-likeness (QED) is 0.691. The fraction of sp³-hybridized carbons (Fsp3) is 0.176. The van der Waals surface area contributed by atoms with Gasteiger partial charge in [-0.25, -0.2) is 4.98 Å². The molecule has 1 unspecified atom stereocenters. The highest BCUT2D eigenvalue weighted by Gasteiger charge is 2.26. The smallest absolute Gasteiger partial charge is 0.239 e. The third kappa shape index (κ3) is 3.18. The predicted octanol–water partition coefficient (Wildman–Crippen LogP) is 4.32. The fourth-order valence-corrected chi connectivity index (χ4v) is 3.85. The van der Waals surface area contributed by atoms with Crippen LogP contribution in [-0.2, 0) is 5.75 Å². The van der Waals surface area contributed by atoms with Gasteiger partial charge < -0.3 is 13.9 Å². The summed E-state index contributed by atoms with van der Waals surface area (Å²) >= 11 is 2.58. The summed E-state index contributed by atoms with van der Waals surface area (Å²) in [7, 11) is 0. The maximum absolute atomic E-state index is 12.2. The number of carbonyl (C=O) groups excluding carboxylic acids is 1. The van der Waals surface area contributed by atoms with Crippen LogP contribution in [0.25, 0.3) is 0 Å². The molecule has 1 aromatic carbocycles. The molecule has 5 nitrogen and oxygen atoms in total. The van der Waals surface area contributed by atoms with Gasteiger partial charge in [-0.2, -0.15) is 0 Å². The number of hydrogen-bond acceptors (Lipinski definition) is 7. The molecule has 4 rings (SSSR count). The topological polar surface area (TPSA) is 61.6 Å². The zero-order chi connectivity index (χ0) is 16.4. The second-order valence-electron chi connectivity index (χ2n) is 5.09. The number of rotatable bonds is 4. The van der Waals surface area contributed by atoms with E-state index in [4.69, 9.17) is 13.9 Å². The lowest BCUT2D eigenvalue weighted by atomic mass is 10.2. The molecule has 3 heterocycles. The van der Waals surface area contributed by atoms with E-state index in [2.05, 4.69) is 4.98 Å². The monoisotopic (exact) mass is 359 g/mol. The van der Waals surface area contributed by atoms with E-state index in [0.29, 0.717) is 23.8 Å². The highest BCUT2D eigenvalue weighted by molar-refractivity contribution is 8.13. The Labute approximate surface area is 146 Å². The molecule has 24 heavy (non-hydrogen) atoms. The largest absolute Gasteiger partial charge is 0.485 e. The molecule has 2 aromatic heterocycles. The van der Waals surface area contributed by atoms with Gasteiger partial charge in [-0.3, -0.25) is 4.79 Å². The van der Waals surface area contributed by atoms with E-state index >= 15 is 0 Å². The molecule has 122 valence electrons. The van der Waals surface area contributed by atoms with Crippen LogP contribution < -0.4 is 9.47 Å². The summed E-state index contributed by atoms with van der Waals surface area (Å²) in [5, 5.41) is 2.42. The molecule has 1 aliphatic rings. The lowest BCUT2D eigenvalue weighted by Gasteiger charge is -2.24. The normalized spacial score (nSPS) is 16.1. The number of para-hydroxylation sites is 2. The number of thioether (sulfide) groups is 1. The van der Waals surface area contributed by atoms with Crippen molar-refractivity contribution >= 4 is 28.2 Å². The molecule has 7 heteroatoms. The minimum absolute atomic E-state index is 0.0778. The molecule has 0 N–H and O–H groups in total. The zero-order valence-electron chi connectivity index (χ0n) is 12.5. The van der Waals surface area contributed by atoms with Crippen LogP contribution in [-0.4, -0.2) is 16.7 Å². The number of fused-ring (bicyclic) bond motifs is 1. The Morgan fingerprint density at radius 3 is 2.96 bits per heavy atom. The third-order valence-corrected chi connectivity index (χ3v) is 5.28. The molecule has 0 aliphatic carbocycles. The standard InChI is InChI=1S/C17H13NO4S2/c19-17(24-9-11-4-3-7-20-11)12-10-23-16(18-12)15-8-21-13-5-1-2-6-14(13)22-15/h1-7,10,15H,8-9H2. The van der Waals surface area contributed by atoms with Crippen LogP contribution in [0.2, 0.25) is 0 Å². The number of nitrogens with zero attached hydrogens (tertiary/aromatic N) is 1. The number of thiazole rings is 1. The van der Waals surface area contributed by atoms with Crippen molar-refractivity contribution in [1.82, 2.24) is 4.98 Å². The Kier molecular flexibility index (Phi) is 4.27. The summed E-state index contributed by atoms with van der Waals surface area (Å²) in [4.78, 5) is 16.6. The molecule has 0 radical (unpaired) electrons. The highest BCUT2D eigenvalue weighted by atomic mass is 32.2. The first kappa shape index (κ1) is 15.3. The van der Waals surface area contributed by atoms with Crippen molar-refractivity contribution in [2.45, 2.75) is 11.9 Å². The Bertz CT molecular complexity index is 844. The number of furan rings is 1. The Morgan fingerprint density at radius 1 is 1.25 bits per heavy atom. The van der Waals surface area contributed by atoms with Gasteiger partial charge >= 0.3 is 0 Å². The Balaban J connectivity index is 1.42. The number of carbonyl (C=O) groups is 1. The van der Waals surface area contributed by atoms with E-state index in [-0.39, 0.29) is 11.2 Å². The molecule has 0 saturated heterocycles. The average molecular weight is 359 g/mol. The predicted molar refractivity (Wildman–Crippen MR) is 91.8 cm³/mol. The van der Waals surface area contributed by atoms with Crippen LogP contribution in [0.4, 0.5) is 0 Å². The summed E-state index contributed by atoms with van der Waals surface area (Å²) in [5.74, 6) is 2.69. The number of ether oxygens (including phenoxy) is 2. The third-order valence-electron chi connectivity index (χ3n) is 3.44. The van der Waals surface area contributed by atoms with Gasteiger partial charge in [0.1, 0.15) is 23.1 Å². The van der Waals surface area contributed by atoms with E-state index in [9.17, 15) is 4.79 Å². The highest BCUT2D eigenvalue weighted by Crippen LogP contribution is 2.36. The average Bonchev–Trinajstić information content (AvgIpc) is 3.31. The van der Waals surface area contributed by atoms with Gasteiger partial charge in [-0.05, 0) is 24.3 Å². The minimum atomic E-state index is -0.290. The summed E-state index contributed by atoms with van der Waals surface area (Å²) in [6, 6.07) is 11.2. The van der Waals surface area contributed by atoms with Crippen LogP contribution in [0, 0.1) is 0 Å². The number of benzene rings is 1.